The highest BCUT2D eigenvalue weighted by molar-refractivity contribution is 9.10. The monoisotopic (exact) mass is 549 g/mol. The van der Waals surface area contributed by atoms with Gasteiger partial charge in [-0.2, -0.15) is 10.2 Å². The molecule has 2 saturated carbocycles. The first kappa shape index (κ1) is 23.4. The van der Waals surface area contributed by atoms with E-state index in [-0.39, 0.29) is 29.5 Å². The van der Waals surface area contributed by atoms with Gasteiger partial charge in [-0.3, -0.25) is 14.3 Å². The number of amides is 1. The number of carbonyl (C=O) groups is 1. The third-order valence-corrected chi connectivity index (χ3v) is 8.12. The highest BCUT2D eigenvalue weighted by Gasteiger charge is 2.54. The molecule has 0 atom stereocenters. The number of aliphatic hydroxyl groups is 1. The minimum Gasteiger partial charge on any atom is -0.389 e. The van der Waals surface area contributed by atoms with Crippen molar-refractivity contribution in [3.05, 3.63) is 68.7 Å². The lowest BCUT2D eigenvalue weighted by Crippen LogP contribution is -2.55. The normalized spacial score (nSPS) is 23.6. The summed E-state index contributed by atoms with van der Waals surface area (Å²) >= 11 is 3.49. The van der Waals surface area contributed by atoms with E-state index in [1.807, 2.05) is 42.5 Å². The van der Waals surface area contributed by atoms with Crippen LogP contribution < -0.4 is 10.9 Å². The number of aromatic nitrogens is 4. The largest absolute Gasteiger partial charge is 0.389 e. The van der Waals surface area contributed by atoms with E-state index in [1.165, 1.54) is 0 Å². The van der Waals surface area contributed by atoms with Crippen LogP contribution in [0.5, 0.6) is 0 Å². The van der Waals surface area contributed by atoms with Gasteiger partial charge in [0.15, 0.2) is 5.69 Å². The van der Waals surface area contributed by atoms with Crippen molar-refractivity contribution in [2.45, 2.75) is 63.6 Å². The number of hydrogen-bond donors (Lipinski definition) is 3. The van der Waals surface area contributed by atoms with E-state index in [4.69, 9.17) is 0 Å². The summed E-state index contributed by atoms with van der Waals surface area (Å²) in [4.78, 5) is 25.3. The van der Waals surface area contributed by atoms with E-state index in [9.17, 15) is 14.7 Å². The zero-order valence-corrected chi connectivity index (χ0v) is 21.8. The summed E-state index contributed by atoms with van der Waals surface area (Å²) in [5.41, 5.74) is 1.29. The Bertz CT molecular complexity index is 1550. The quantitative estimate of drug-likeness (QED) is 0.344. The SMILES string of the molecule is CC(C)(O)Cn1nc(C(=O)NC2CC3(C2)CC(c2n[nH]c(=O)c4ccccc24)C3)c2ccc(Br)cc21. The van der Waals surface area contributed by atoms with Gasteiger partial charge in [0.1, 0.15) is 0 Å². The van der Waals surface area contributed by atoms with E-state index in [0.29, 0.717) is 17.0 Å². The lowest BCUT2D eigenvalue weighted by atomic mass is 9.49. The fourth-order valence-electron chi connectivity index (χ4n) is 6.10. The molecule has 1 spiro atoms. The van der Waals surface area contributed by atoms with Crippen molar-refractivity contribution in [2.24, 2.45) is 5.41 Å². The van der Waals surface area contributed by atoms with Gasteiger partial charge in [0, 0.05) is 27.2 Å². The maximum atomic E-state index is 13.2. The zero-order valence-electron chi connectivity index (χ0n) is 20.2. The molecule has 36 heavy (non-hydrogen) atoms. The molecule has 2 aliphatic carbocycles. The van der Waals surface area contributed by atoms with Gasteiger partial charge in [0.25, 0.3) is 11.5 Å². The highest BCUT2D eigenvalue weighted by Crippen LogP contribution is 2.62. The van der Waals surface area contributed by atoms with E-state index in [2.05, 4.69) is 36.5 Å². The van der Waals surface area contributed by atoms with Crippen LogP contribution in [-0.2, 0) is 6.54 Å². The summed E-state index contributed by atoms with van der Waals surface area (Å²) in [6.07, 6.45) is 3.90. The number of nitrogens with zero attached hydrogens (tertiary/aromatic N) is 3. The molecule has 2 aliphatic rings. The molecule has 0 radical (unpaired) electrons. The second-order valence-electron chi connectivity index (χ2n) is 11.1. The molecule has 2 fully saturated rings. The summed E-state index contributed by atoms with van der Waals surface area (Å²) in [5, 5.41) is 27.5. The second-order valence-corrected chi connectivity index (χ2v) is 12.1. The first-order valence-electron chi connectivity index (χ1n) is 12.3. The average Bonchev–Trinajstić information content (AvgIpc) is 3.11. The van der Waals surface area contributed by atoms with E-state index < -0.39 is 5.60 Å². The smallest absolute Gasteiger partial charge is 0.272 e. The fourth-order valence-corrected chi connectivity index (χ4v) is 6.45. The number of carbonyl (C=O) groups excluding carboxylic acids is 1. The first-order chi connectivity index (χ1) is 17.1. The van der Waals surface area contributed by atoms with Crippen molar-refractivity contribution < 1.29 is 9.90 Å². The van der Waals surface area contributed by atoms with Gasteiger partial charge in [0.2, 0.25) is 0 Å². The predicted molar refractivity (Wildman–Crippen MR) is 141 cm³/mol. The Labute approximate surface area is 216 Å². The third kappa shape index (κ3) is 4.04. The molecule has 0 bridgehead atoms. The highest BCUT2D eigenvalue weighted by atomic mass is 79.9. The van der Waals surface area contributed by atoms with E-state index >= 15 is 0 Å². The molecule has 9 heteroatoms. The molecule has 6 rings (SSSR count). The molecular weight excluding hydrogens is 522 g/mol. The molecule has 0 unspecified atom stereocenters. The standard InChI is InChI=1S/C27H28BrN5O3/c1-26(2,36)14-33-21-9-16(28)7-8-20(21)23(32-33)25(35)29-17-12-27(13-17)10-15(11-27)22-18-5-3-4-6-19(18)24(34)31-30-22/h3-9,15,17,36H,10-14H2,1-2H3,(H,29,35)(H,31,34). The van der Waals surface area contributed by atoms with Crippen molar-refractivity contribution in [3.63, 3.8) is 0 Å². The van der Waals surface area contributed by atoms with Crippen molar-refractivity contribution in [1.29, 1.82) is 0 Å². The number of H-pyrrole nitrogens is 1. The maximum absolute atomic E-state index is 13.2. The molecular formula is C27H28BrN5O3. The average molecular weight is 550 g/mol. The minimum atomic E-state index is -0.956. The van der Waals surface area contributed by atoms with Gasteiger partial charge in [0.05, 0.1) is 28.7 Å². The van der Waals surface area contributed by atoms with Crippen LogP contribution in [-0.4, -0.2) is 42.6 Å². The zero-order chi connectivity index (χ0) is 25.2. The van der Waals surface area contributed by atoms with Gasteiger partial charge >= 0.3 is 0 Å². The van der Waals surface area contributed by atoms with E-state index in [0.717, 1.165) is 52.1 Å². The topological polar surface area (TPSA) is 113 Å². The van der Waals surface area contributed by atoms with Gasteiger partial charge < -0.3 is 10.4 Å². The van der Waals surface area contributed by atoms with Gasteiger partial charge in [-0.05, 0) is 69.2 Å². The third-order valence-electron chi connectivity index (χ3n) is 7.63. The Morgan fingerprint density at radius 1 is 1.17 bits per heavy atom. The van der Waals surface area contributed by atoms with Crippen LogP contribution in [0, 0.1) is 5.41 Å². The number of aromatic amines is 1. The summed E-state index contributed by atoms with van der Waals surface area (Å²) < 4.78 is 2.60. The molecule has 1 amide bonds. The lowest BCUT2D eigenvalue weighted by Gasteiger charge is -2.57. The summed E-state index contributed by atoms with van der Waals surface area (Å²) in [5.74, 6) is 0.143. The van der Waals surface area contributed by atoms with Crippen LogP contribution in [0.25, 0.3) is 21.7 Å². The summed E-state index contributed by atoms with van der Waals surface area (Å²) in [6.45, 7) is 3.74. The Kier molecular flexibility index (Phi) is 5.35. The minimum absolute atomic E-state index is 0.115. The number of fused-ring (bicyclic) bond motifs is 2. The molecule has 2 heterocycles. The first-order valence-corrected chi connectivity index (χ1v) is 13.1. The summed E-state index contributed by atoms with van der Waals surface area (Å²) in [7, 11) is 0. The molecule has 0 saturated heterocycles. The molecule has 186 valence electrons. The number of benzene rings is 2. The maximum Gasteiger partial charge on any atom is 0.272 e. The van der Waals surface area contributed by atoms with Crippen LogP contribution in [0.4, 0.5) is 0 Å². The van der Waals surface area contributed by atoms with Crippen LogP contribution in [0.3, 0.4) is 0 Å². The fraction of sp³-hybridized carbons (Fsp3) is 0.407. The van der Waals surface area contributed by atoms with Crippen LogP contribution >= 0.6 is 15.9 Å². The van der Waals surface area contributed by atoms with Crippen LogP contribution in [0.1, 0.15) is 61.6 Å². The Hall–Kier alpha value is -3.04. The molecule has 8 nitrogen and oxygen atoms in total. The second kappa shape index (κ2) is 8.24. The van der Waals surface area contributed by atoms with Gasteiger partial charge in [-0.15, -0.1) is 0 Å². The van der Waals surface area contributed by atoms with Crippen molar-refractivity contribution in [1.82, 2.24) is 25.3 Å². The molecule has 0 aliphatic heterocycles. The van der Waals surface area contributed by atoms with E-state index in [1.54, 1.807) is 18.5 Å². The molecule has 2 aromatic heterocycles. The van der Waals surface area contributed by atoms with Gasteiger partial charge in [-0.25, -0.2) is 5.10 Å². The Balaban J connectivity index is 1.14. The Morgan fingerprint density at radius 2 is 1.89 bits per heavy atom. The lowest BCUT2D eigenvalue weighted by molar-refractivity contribution is -0.0197. The van der Waals surface area contributed by atoms with Gasteiger partial charge in [-0.1, -0.05) is 34.1 Å². The number of nitrogens with one attached hydrogen (secondary N) is 2. The van der Waals surface area contributed by atoms with Crippen molar-refractivity contribution >= 4 is 43.5 Å². The number of hydrogen-bond acceptors (Lipinski definition) is 5. The molecule has 4 aromatic rings. The Morgan fingerprint density at radius 3 is 2.61 bits per heavy atom. The number of halogens is 1. The summed E-state index contributed by atoms with van der Waals surface area (Å²) in [6, 6.07) is 13.5. The van der Waals surface area contributed by atoms with Crippen LogP contribution in [0.2, 0.25) is 0 Å². The van der Waals surface area contributed by atoms with Crippen molar-refractivity contribution in [3.8, 4) is 0 Å². The number of rotatable bonds is 5. The molecule has 3 N–H and O–H groups in total. The predicted octanol–water partition coefficient (Wildman–Crippen LogP) is 4.26. The van der Waals surface area contributed by atoms with Crippen LogP contribution in [0.15, 0.2) is 51.7 Å². The molecule has 2 aromatic carbocycles. The van der Waals surface area contributed by atoms with Crippen molar-refractivity contribution in [2.75, 3.05) is 0 Å².